The van der Waals surface area contributed by atoms with Gasteiger partial charge in [-0.15, -0.1) is 0 Å². The molecule has 4 aromatic rings. The lowest BCUT2D eigenvalue weighted by Crippen LogP contribution is -2.44. The fraction of sp³-hybridized carbons (Fsp3) is 0.333. The van der Waals surface area contributed by atoms with E-state index in [4.69, 9.17) is 19.9 Å². The van der Waals surface area contributed by atoms with Gasteiger partial charge >= 0.3 is 0 Å². The van der Waals surface area contributed by atoms with E-state index in [1.165, 1.54) is 5.56 Å². The molecule has 2 aromatic carbocycles. The molecule has 1 saturated heterocycles. The van der Waals surface area contributed by atoms with Gasteiger partial charge in [-0.25, -0.2) is 9.97 Å². The van der Waals surface area contributed by atoms with Crippen molar-refractivity contribution in [2.45, 2.75) is 19.7 Å². The fourth-order valence-electron chi connectivity index (χ4n) is 4.33. The molecule has 9 heteroatoms. The van der Waals surface area contributed by atoms with E-state index in [0.29, 0.717) is 29.5 Å². The Morgan fingerprint density at radius 3 is 2.22 bits per heavy atom. The first-order chi connectivity index (χ1) is 17.5. The number of hydrogen-bond donors (Lipinski definition) is 2. The quantitative estimate of drug-likeness (QED) is 0.384. The lowest BCUT2D eigenvalue weighted by atomic mass is 10.1. The molecule has 186 valence electrons. The molecule has 0 aliphatic carbocycles. The van der Waals surface area contributed by atoms with Crippen LogP contribution < -0.4 is 20.0 Å². The van der Waals surface area contributed by atoms with E-state index in [9.17, 15) is 5.11 Å². The summed E-state index contributed by atoms with van der Waals surface area (Å²) in [6.45, 7) is 5.74. The molecule has 1 aliphatic heterocycles. The number of rotatable bonds is 7. The van der Waals surface area contributed by atoms with E-state index in [-0.39, 0.29) is 0 Å². The molecule has 1 unspecified atom stereocenters. The minimum absolute atomic E-state index is 0.510. The minimum atomic E-state index is -0.749. The lowest BCUT2D eigenvalue weighted by molar-refractivity contribution is 0.194. The molecule has 1 fully saturated rings. The van der Waals surface area contributed by atoms with Crippen molar-refractivity contribution < 1.29 is 5.11 Å². The van der Waals surface area contributed by atoms with Gasteiger partial charge in [0.05, 0.1) is 0 Å². The molecule has 2 N–H and O–H groups in total. The highest BCUT2D eigenvalue weighted by Crippen LogP contribution is 2.33. The van der Waals surface area contributed by atoms with Crippen molar-refractivity contribution in [3.63, 3.8) is 0 Å². The molecule has 1 atom stereocenters. The van der Waals surface area contributed by atoms with Crippen LogP contribution in [0.25, 0.3) is 22.4 Å². The topological polar surface area (TPSA) is 93.5 Å². The first-order valence-electron chi connectivity index (χ1n) is 12.3. The predicted octanol–water partition coefficient (Wildman–Crippen LogP) is 2.91. The van der Waals surface area contributed by atoms with Crippen molar-refractivity contribution in [2.24, 2.45) is 0 Å². The molecule has 2 aromatic heterocycles. The maximum Gasteiger partial charge on any atom is 0.229 e. The zero-order chi connectivity index (χ0) is 25.1. The van der Waals surface area contributed by atoms with Gasteiger partial charge in [0.15, 0.2) is 22.8 Å². The van der Waals surface area contributed by atoms with Crippen molar-refractivity contribution in [3.8, 4) is 11.3 Å². The Morgan fingerprint density at radius 2 is 1.56 bits per heavy atom. The third kappa shape index (κ3) is 4.93. The molecule has 5 rings (SSSR count). The van der Waals surface area contributed by atoms with Crippen molar-refractivity contribution in [3.05, 3.63) is 66.2 Å². The molecular weight excluding hydrogens is 452 g/mol. The van der Waals surface area contributed by atoms with E-state index < -0.39 is 6.23 Å². The second-order valence-corrected chi connectivity index (χ2v) is 9.10. The second kappa shape index (κ2) is 10.4. The minimum Gasteiger partial charge on any atom is -0.374 e. The summed E-state index contributed by atoms with van der Waals surface area (Å²) in [6, 6.07) is 20.3. The molecule has 1 aliphatic rings. The van der Waals surface area contributed by atoms with Gasteiger partial charge in [0.25, 0.3) is 0 Å². The van der Waals surface area contributed by atoms with Gasteiger partial charge < -0.3 is 25.1 Å². The first-order valence-corrected chi connectivity index (χ1v) is 12.3. The average Bonchev–Trinajstić information content (AvgIpc) is 2.92. The number of nitrogens with one attached hydrogen (secondary N) is 1. The van der Waals surface area contributed by atoms with Gasteiger partial charge in [-0.3, -0.25) is 0 Å². The second-order valence-electron chi connectivity index (χ2n) is 9.10. The van der Waals surface area contributed by atoms with Crippen molar-refractivity contribution in [1.29, 1.82) is 0 Å². The highest BCUT2D eigenvalue weighted by molar-refractivity contribution is 5.89. The summed E-state index contributed by atoms with van der Waals surface area (Å²) < 4.78 is 0. The lowest BCUT2D eigenvalue weighted by Gasteiger charge is -2.29. The van der Waals surface area contributed by atoms with Crippen molar-refractivity contribution >= 4 is 28.7 Å². The maximum absolute atomic E-state index is 10.4. The number of hydrogen-bond acceptors (Lipinski definition) is 9. The van der Waals surface area contributed by atoms with Crippen LogP contribution in [0.4, 0.5) is 17.6 Å². The van der Waals surface area contributed by atoms with Gasteiger partial charge in [-0.2, -0.15) is 9.97 Å². The Labute approximate surface area is 211 Å². The summed E-state index contributed by atoms with van der Waals surface area (Å²) in [7, 11) is 3.84. The highest BCUT2D eigenvalue weighted by Gasteiger charge is 2.24. The highest BCUT2D eigenvalue weighted by atomic mass is 16.3. The van der Waals surface area contributed by atoms with Gasteiger partial charge in [-0.1, -0.05) is 60.7 Å². The van der Waals surface area contributed by atoms with E-state index >= 15 is 0 Å². The summed E-state index contributed by atoms with van der Waals surface area (Å²) in [6.07, 6.45) is -0.749. The van der Waals surface area contributed by atoms with Crippen molar-refractivity contribution in [1.82, 2.24) is 25.3 Å². The zero-order valence-corrected chi connectivity index (χ0v) is 21.0. The largest absolute Gasteiger partial charge is 0.374 e. The van der Waals surface area contributed by atoms with Crippen LogP contribution in [-0.2, 0) is 6.54 Å². The Kier molecular flexibility index (Phi) is 6.92. The summed E-state index contributed by atoms with van der Waals surface area (Å²) in [5, 5.41) is 13.8. The summed E-state index contributed by atoms with van der Waals surface area (Å²) >= 11 is 0. The van der Waals surface area contributed by atoms with Crippen LogP contribution in [0.1, 0.15) is 12.5 Å². The standard InChI is InChI=1S/C27H32N8O/c1-19(36)34(3)26-23-24(31-27(32-26)35-16-14-28-15-17-35)30-25(22(29-23)21-12-8-5-9-13-21)33(2)18-20-10-6-4-7-11-20/h4-13,19,28,36H,14-18H2,1-3H3. The molecule has 9 nitrogen and oxygen atoms in total. The molecule has 0 spiro atoms. The maximum atomic E-state index is 10.4. The Hall–Kier alpha value is -3.82. The SMILES string of the molecule is CC(O)N(C)c1nc(N2CCNCC2)nc2nc(N(C)Cc3ccccc3)c(-c3ccccc3)nc12. The van der Waals surface area contributed by atoms with Crippen molar-refractivity contribution in [2.75, 3.05) is 55.0 Å². The smallest absolute Gasteiger partial charge is 0.229 e. The molecule has 0 saturated carbocycles. The van der Waals surface area contributed by atoms with E-state index in [0.717, 1.165) is 43.3 Å². The van der Waals surface area contributed by atoms with Crippen LogP contribution in [-0.4, -0.2) is 71.5 Å². The van der Waals surface area contributed by atoms with Crippen LogP contribution in [0, 0.1) is 0 Å². The molecule has 3 heterocycles. The fourth-order valence-corrected chi connectivity index (χ4v) is 4.33. The third-order valence-corrected chi connectivity index (χ3v) is 6.45. The van der Waals surface area contributed by atoms with Crippen LogP contribution in [0.5, 0.6) is 0 Å². The van der Waals surface area contributed by atoms with E-state index in [1.54, 1.807) is 11.8 Å². The number of aromatic nitrogens is 4. The molecule has 0 amide bonds. The Morgan fingerprint density at radius 1 is 0.889 bits per heavy atom. The number of aliphatic hydroxyl groups is 1. The monoisotopic (exact) mass is 484 g/mol. The van der Waals surface area contributed by atoms with Crippen LogP contribution in [0.2, 0.25) is 0 Å². The number of piperazine rings is 1. The predicted molar refractivity (Wildman–Crippen MR) is 144 cm³/mol. The summed E-state index contributed by atoms with van der Waals surface area (Å²) in [5.41, 5.74) is 3.96. The molecule has 0 bridgehead atoms. The Balaban J connectivity index is 1.70. The van der Waals surface area contributed by atoms with Gasteiger partial charge in [-0.05, 0) is 12.5 Å². The number of benzene rings is 2. The van der Waals surface area contributed by atoms with Crippen LogP contribution in [0.3, 0.4) is 0 Å². The number of anilines is 3. The van der Waals surface area contributed by atoms with Gasteiger partial charge in [0, 0.05) is 52.4 Å². The molecule has 0 radical (unpaired) electrons. The van der Waals surface area contributed by atoms with Gasteiger partial charge in [0.1, 0.15) is 11.9 Å². The normalized spacial score (nSPS) is 14.6. The Bertz CT molecular complexity index is 1310. The summed E-state index contributed by atoms with van der Waals surface area (Å²) in [4.78, 5) is 25.8. The number of fused-ring (bicyclic) bond motifs is 1. The van der Waals surface area contributed by atoms with Crippen LogP contribution >= 0.6 is 0 Å². The zero-order valence-electron chi connectivity index (χ0n) is 21.0. The number of aliphatic hydroxyl groups excluding tert-OH is 1. The molecular formula is C27H32N8O. The van der Waals surface area contributed by atoms with Gasteiger partial charge in [0.2, 0.25) is 5.95 Å². The first kappa shape index (κ1) is 23.9. The average molecular weight is 485 g/mol. The number of nitrogens with zero attached hydrogens (tertiary/aromatic N) is 7. The van der Waals surface area contributed by atoms with E-state index in [1.807, 2.05) is 62.6 Å². The molecule has 36 heavy (non-hydrogen) atoms. The summed E-state index contributed by atoms with van der Waals surface area (Å²) in [5.74, 6) is 1.91. The third-order valence-electron chi connectivity index (χ3n) is 6.45. The van der Waals surface area contributed by atoms with E-state index in [2.05, 4.69) is 27.2 Å². The van der Waals surface area contributed by atoms with Crippen LogP contribution in [0.15, 0.2) is 60.7 Å².